The Hall–Kier alpha value is -2.94. The van der Waals surface area contributed by atoms with Crippen LogP contribution < -0.4 is 23.8 Å². The minimum Gasteiger partial charge on any atom is -0.497 e. The molecule has 9 heteroatoms. The normalized spacial score (nSPS) is 13.1. The second-order valence-electron chi connectivity index (χ2n) is 6.88. The van der Waals surface area contributed by atoms with Gasteiger partial charge in [0.1, 0.15) is 23.9 Å². The molecule has 0 aliphatic heterocycles. The molecule has 2 rings (SSSR count). The summed E-state index contributed by atoms with van der Waals surface area (Å²) in [4.78, 5) is 12.4. The number of rotatable bonds is 10. The molecule has 0 spiro atoms. The first kappa shape index (κ1) is 23.3. The number of ether oxygens (including phenoxy) is 3. The van der Waals surface area contributed by atoms with Gasteiger partial charge < -0.3 is 19.5 Å². The smallest absolute Gasteiger partial charge is 0.261 e. The van der Waals surface area contributed by atoms with Crippen LogP contribution in [0.5, 0.6) is 17.2 Å². The Morgan fingerprint density at radius 2 is 1.53 bits per heavy atom. The Balaban J connectivity index is 1.83. The van der Waals surface area contributed by atoms with Gasteiger partial charge >= 0.3 is 0 Å². The molecular formula is C21H28N2O6S. The van der Waals surface area contributed by atoms with Crippen molar-refractivity contribution in [1.29, 1.82) is 0 Å². The summed E-state index contributed by atoms with van der Waals surface area (Å²) >= 11 is 0. The highest BCUT2D eigenvalue weighted by molar-refractivity contribution is 7.92. The van der Waals surface area contributed by atoms with Crippen molar-refractivity contribution in [3.63, 3.8) is 0 Å². The van der Waals surface area contributed by atoms with E-state index in [1.807, 2.05) is 6.92 Å². The molecule has 0 bridgehead atoms. The SMILES string of the molecule is COc1ccc(OC[C@@H](C)NC(=O)[C@H](C)Oc2ccc(N(C)S(C)(=O)=O)cc2)cc1. The summed E-state index contributed by atoms with van der Waals surface area (Å²) < 4.78 is 40.7. The van der Waals surface area contributed by atoms with Crippen LogP contribution in [0.2, 0.25) is 0 Å². The Bertz CT molecular complexity index is 929. The van der Waals surface area contributed by atoms with E-state index in [2.05, 4.69) is 5.32 Å². The number of benzene rings is 2. The molecule has 0 saturated heterocycles. The zero-order valence-corrected chi connectivity index (χ0v) is 18.6. The van der Waals surface area contributed by atoms with Gasteiger partial charge in [0, 0.05) is 7.05 Å². The summed E-state index contributed by atoms with van der Waals surface area (Å²) in [6.45, 7) is 3.78. The second kappa shape index (κ2) is 10.2. The van der Waals surface area contributed by atoms with Gasteiger partial charge in [-0.2, -0.15) is 0 Å². The van der Waals surface area contributed by atoms with Crippen LogP contribution in [-0.4, -0.2) is 53.5 Å². The lowest BCUT2D eigenvalue weighted by Gasteiger charge is -2.20. The average Bonchev–Trinajstić information content (AvgIpc) is 2.72. The van der Waals surface area contributed by atoms with Gasteiger partial charge in [0.15, 0.2) is 6.10 Å². The summed E-state index contributed by atoms with van der Waals surface area (Å²) in [7, 11) is -0.272. The van der Waals surface area contributed by atoms with Gasteiger partial charge in [-0.15, -0.1) is 0 Å². The number of anilines is 1. The van der Waals surface area contributed by atoms with Crippen molar-refractivity contribution in [3.8, 4) is 17.2 Å². The summed E-state index contributed by atoms with van der Waals surface area (Å²) in [6.07, 6.45) is 0.399. The Morgan fingerprint density at radius 3 is 2.07 bits per heavy atom. The van der Waals surface area contributed by atoms with Crippen LogP contribution in [-0.2, 0) is 14.8 Å². The molecule has 0 fully saturated rings. The van der Waals surface area contributed by atoms with Gasteiger partial charge in [0.25, 0.3) is 5.91 Å². The van der Waals surface area contributed by atoms with Crippen molar-refractivity contribution < 1.29 is 27.4 Å². The van der Waals surface area contributed by atoms with Crippen molar-refractivity contribution in [2.45, 2.75) is 26.0 Å². The van der Waals surface area contributed by atoms with E-state index in [-0.39, 0.29) is 11.9 Å². The van der Waals surface area contributed by atoms with Crippen LogP contribution in [0, 0.1) is 0 Å². The van der Waals surface area contributed by atoms with Crippen LogP contribution in [0.25, 0.3) is 0 Å². The third kappa shape index (κ3) is 6.84. The minimum absolute atomic E-state index is 0.226. The first-order chi connectivity index (χ1) is 14.1. The molecule has 1 amide bonds. The molecule has 0 saturated carbocycles. The van der Waals surface area contributed by atoms with Crippen molar-refractivity contribution in [3.05, 3.63) is 48.5 Å². The quantitative estimate of drug-likeness (QED) is 0.615. The van der Waals surface area contributed by atoms with Gasteiger partial charge in [-0.1, -0.05) is 0 Å². The number of sulfonamides is 1. The first-order valence-electron chi connectivity index (χ1n) is 9.38. The second-order valence-corrected chi connectivity index (χ2v) is 8.89. The standard InChI is InChI=1S/C21H28N2O6S/c1-15(14-28-19-12-10-18(27-4)11-13-19)22-21(24)16(2)29-20-8-6-17(7-9-20)23(3)30(5,25)26/h6-13,15-16H,14H2,1-5H3,(H,22,24)/t15-,16+/m1/s1. The lowest BCUT2D eigenvalue weighted by atomic mass is 10.2. The number of amides is 1. The minimum atomic E-state index is -3.34. The molecule has 8 nitrogen and oxygen atoms in total. The number of carbonyl (C=O) groups is 1. The maximum atomic E-state index is 12.4. The van der Waals surface area contributed by atoms with E-state index in [9.17, 15) is 13.2 Å². The summed E-state index contributed by atoms with van der Waals surface area (Å²) in [6, 6.07) is 13.4. The molecule has 0 heterocycles. The van der Waals surface area contributed by atoms with Crippen molar-refractivity contribution in [2.75, 3.05) is 31.3 Å². The molecule has 2 aromatic rings. The summed E-state index contributed by atoms with van der Waals surface area (Å²) in [5.41, 5.74) is 0.506. The molecule has 0 aliphatic rings. The number of hydrogen-bond acceptors (Lipinski definition) is 6. The zero-order valence-electron chi connectivity index (χ0n) is 17.8. The van der Waals surface area contributed by atoms with Gasteiger partial charge in [0.2, 0.25) is 10.0 Å². The Morgan fingerprint density at radius 1 is 1.00 bits per heavy atom. The molecule has 0 aliphatic carbocycles. The van der Waals surface area contributed by atoms with Crippen LogP contribution in [0.3, 0.4) is 0 Å². The van der Waals surface area contributed by atoms with E-state index in [1.165, 1.54) is 7.05 Å². The molecule has 0 radical (unpaired) electrons. The predicted molar refractivity (Wildman–Crippen MR) is 116 cm³/mol. The molecule has 164 valence electrons. The zero-order chi connectivity index (χ0) is 22.3. The van der Waals surface area contributed by atoms with E-state index < -0.39 is 16.1 Å². The lowest BCUT2D eigenvalue weighted by molar-refractivity contribution is -0.128. The highest BCUT2D eigenvalue weighted by Gasteiger charge is 2.18. The molecule has 30 heavy (non-hydrogen) atoms. The number of nitrogens with one attached hydrogen (secondary N) is 1. The number of nitrogens with zero attached hydrogens (tertiary/aromatic N) is 1. The molecular weight excluding hydrogens is 408 g/mol. The number of methoxy groups -OCH3 is 1. The largest absolute Gasteiger partial charge is 0.497 e. The highest BCUT2D eigenvalue weighted by atomic mass is 32.2. The van der Waals surface area contributed by atoms with Crippen LogP contribution in [0.15, 0.2) is 48.5 Å². The van der Waals surface area contributed by atoms with Gasteiger partial charge in [0.05, 0.1) is 25.1 Å². The topological polar surface area (TPSA) is 94.2 Å². The van der Waals surface area contributed by atoms with Gasteiger partial charge in [-0.05, 0) is 62.4 Å². The van der Waals surface area contributed by atoms with Gasteiger partial charge in [-0.3, -0.25) is 9.10 Å². The lowest BCUT2D eigenvalue weighted by Crippen LogP contribution is -2.43. The molecule has 0 aromatic heterocycles. The van der Waals surface area contributed by atoms with E-state index in [0.717, 1.165) is 16.3 Å². The monoisotopic (exact) mass is 436 g/mol. The molecule has 2 atom stereocenters. The van der Waals surface area contributed by atoms with E-state index in [0.29, 0.717) is 23.8 Å². The maximum Gasteiger partial charge on any atom is 0.261 e. The van der Waals surface area contributed by atoms with Crippen molar-refractivity contribution in [2.24, 2.45) is 0 Å². The van der Waals surface area contributed by atoms with E-state index in [1.54, 1.807) is 62.6 Å². The number of hydrogen-bond donors (Lipinski definition) is 1. The van der Waals surface area contributed by atoms with Gasteiger partial charge in [-0.25, -0.2) is 8.42 Å². The fourth-order valence-electron chi connectivity index (χ4n) is 2.48. The van der Waals surface area contributed by atoms with Crippen LogP contribution >= 0.6 is 0 Å². The predicted octanol–water partition coefficient (Wildman–Crippen LogP) is 2.44. The Labute approximate surface area is 177 Å². The van der Waals surface area contributed by atoms with Crippen LogP contribution in [0.1, 0.15) is 13.8 Å². The molecule has 2 aromatic carbocycles. The third-order valence-electron chi connectivity index (χ3n) is 4.33. The molecule has 0 unspecified atom stereocenters. The fourth-order valence-corrected chi connectivity index (χ4v) is 2.98. The van der Waals surface area contributed by atoms with Crippen LogP contribution in [0.4, 0.5) is 5.69 Å². The summed E-state index contributed by atoms with van der Waals surface area (Å²) in [5, 5.41) is 2.84. The highest BCUT2D eigenvalue weighted by Crippen LogP contribution is 2.21. The van der Waals surface area contributed by atoms with Crippen molar-refractivity contribution >= 4 is 21.6 Å². The Kier molecular flexibility index (Phi) is 7.93. The third-order valence-corrected chi connectivity index (χ3v) is 5.53. The average molecular weight is 437 g/mol. The summed E-state index contributed by atoms with van der Waals surface area (Å²) in [5.74, 6) is 1.61. The number of carbonyl (C=O) groups excluding carboxylic acids is 1. The van der Waals surface area contributed by atoms with E-state index >= 15 is 0 Å². The van der Waals surface area contributed by atoms with E-state index in [4.69, 9.17) is 14.2 Å². The van der Waals surface area contributed by atoms with Crippen molar-refractivity contribution in [1.82, 2.24) is 5.32 Å². The fraction of sp³-hybridized carbons (Fsp3) is 0.381. The first-order valence-corrected chi connectivity index (χ1v) is 11.2. The molecule has 1 N–H and O–H groups in total. The maximum absolute atomic E-state index is 12.4.